The molecule has 0 aliphatic carbocycles. The average molecular weight is 306 g/mol. The molecule has 0 aliphatic rings. The van der Waals surface area contributed by atoms with Gasteiger partial charge in [-0.25, -0.2) is 14.1 Å². The number of aliphatic carboxylic acids is 1. The van der Waals surface area contributed by atoms with Crippen molar-refractivity contribution >= 4 is 11.6 Å². The third kappa shape index (κ3) is 3.14. The molecule has 0 unspecified atom stereocenters. The van der Waals surface area contributed by atoms with Crippen LogP contribution in [0.1, 0.15) is 6.42 Å². The number of carbonyl (C=O) groups is 1. The molecule has 0 bridgehead atoms. The first-order valence-corrected chi connectivity index (χ1v) is 6.09. The van der Waals surface area contributed by atoms with Gasteiger partial charge in [-0.15, -0.1) is 0 Å². The van der Waals surface area contributed by atoms with Crippen molar-refractivity contribution in [2.24, 2.45) is 0 Å². The van der Waals surface area contributed by atoms with Gasteiger partial charge in [-0.05, 0) is 0 Å². The molecule has 0 saturated heterocycles. The fourth-order valence-electron chi connectivity index (χ4n) is 1.95. The lowest BCUT2D eigenvalue weighted by atomic mass is 10.2. The molecule has 1 N–H and O–H groups in total. The SMILES string of the molecule is O=C(O)CC[n+]1ccc(-c2cncc3ncnn23)cc1.[Cl-]. The molecule has 7 nitrogen and oxygen atoms in total. The van der Waals surface area contributed by atoms with Crippen LogP contribution in [0.25, 0.3) is 16.9 Å². The second-order valence-electron chi connectivity index (χ2n) is 4.29. The van der Waals surface area contributed by atoms with E-state index < -0.39 is 5.97 Å². The molecule has 0 aliphatic heterocycles. The molecule has 108 valence electrons. The zero-order valence-corrected chi connectivity index (χ0v) is 11.7. The number of aromatic nitrogens is 5. The highest BCUT2D eigenvalue weighted by Gasteiger charge is 2.09. The zero-order chi connectivity index (χ0) is 13.9. The summed E-state index contributed by atoms with van der Waals surface area (Å²) in [5, 5.41) is 12.8. The second-order valence-corrected chi connectivity index (χ2v) is 4.29. The molecule has 3 rings (SSSR count). The lowest BCUT2D eigenvalue weighted by Crippen LogP contribution is -3.00. The van der Waals surface area contributed by atoms with E-state index in [0.717, 1.165) is 11.3 Å². The lowest BCUT2D eigenvalue weighted by Gasteiger charge is -2.02. The molecular weight excluding hydrogens is 294 g/mol. The Morgan fingerprint density at radius 3 is 2.76 bits per heavy atom. The third-order valence-electron chi connectivity index (χ3n) is 2.96. The molecule has 21 heavy (non-hydrogen) atoms. The number of aryl methyl sites for hydroxylation is 1. The highest BCUT2D eigenvalue weighted by atomic mass is 35.5. The maximum absolute atomic E-state index is 10.5. The molecule has 0 fully saturated rings. The van der Waals surface area contributed by atoms with Gasteiger partial charge in [0.1, 0.15) is 12.7 Å². The predicted molar refractivity (Wildman–Crippen MR) is 68.7 cm³/mol. The van der Waals surface area contributed by atoms with Crippen LogP contribution in [-0.4, -0.2) is 30.7 Å². The molecule has 0 radical (unpaired) electrons. The van der Waals surface area contributed by atoms with Crippen LogP contribution in [0, 0.1) is 0 Å². The molecule has 8 heteroatoms. The van der Waals surface area contributed by atoms with Gasteiger partial charge in [-0.2, -0.15) is 5.10 Å². The summed E-state index contributed by atoms with van der Waals surface area (Å²) >= 11 is 0. The van der Waals surface area contributed by atoms with Crippen molar-refractivity contribution in [1.29, 1.82) is 0 Å². The number of fused-ring (bicyclic) bond motifs is 1. The minimum absolute atomic E-state index is 0. The third-order valence-corrected chi connectivity index (χ3v) is 2.96. The maximum Gasteiger partial charge on any atom is 0.309 e. The Balaban J connectivity index is 0.00000161. The zero-order valence-electron chi connectivity index (χ0n) is 10.9. The maximum atomic E-state index is 10.5. The van der Waals surface area contributed by atoms with E-state index in [1.165, 1.54) is 6.33 Å². The van der Waals surface area contributed by atoms with E-state index in [9.17, 15) is 4.79 Å². The molecule has 0 amide bonds. The summed E-state index contributed by atoms with van der Waals surface area (Å²) in [6.45, 7) is 0.446. The first kappa shape index (κ1) is 14.9. The molecule has 0 spiro atoms. The van der Waals surface area contributed by atoms with Crippen molar-refractivity contribution in [3.05, 3.63) is 43.2 Å². The van der Waals surface area contributed by atoms with Crippen molar-refractivity contribution in [3.8, 4) is 11.3 Å². The van der Waals surface area contributed by atoms with Crippen LogP contribution >= 0.6 is 0 Å². The number of carboxylic acid groups (broad SMARTS) is 1. The Morgan fingerprint density at radius 2 is 2.05 bits per heavy atom. The van der Waals surface area contributed by atoms with E-state index in [2.05, 4.69) is 15.1 Å². The highest BCUT2D eigenvalue weighted by molar-refractivity contribution is 5.66. The van der Waals surface area contributed by atoms with Crippen molar-refractivity contribution in [2.75, 3.05) is 0 Å². The molecule has 3 aromatic heterocycles. The van der Waals surface area contributed by atoms with Crippen LogP contribution in [-0.2, 0) is 11.3 Å². The van der Waals surface area contributed by atoms with Crippen LogP contribution in [0.5, 0.6) is 0 Å². The number of carboxylic acids is 1. The Morgan fingerprint density at radius 1 is 1.29 bits per heavy atom. The number of rotatable bonds is 4. The van der Waals surface area contributed by atoms with Gasteiger partial charge in [0.15, 0.2) is 24.6 Å². The molecular formula is C13H12ClN5O2. The van der Waals surface area contributed by atoms with Crippen LogP contribution in [0.2, 0.25) is 0 Å². The van der Waals surface area contributed by atoms with Crippen molar-refractivity contribution in [1.82, 2.24) is 19.6 Å². The van der Waals surface area contributed by atoms with E-state index >= 15 is 0 Å². The van der Waals surface area contributed by atoms with Gasteiger partial charge in [-0.3, -0.25) is 9.78 Å². The molecule has 0 aromatic carbocycles. The van der Waals surface area contributed by atoms with E-state index in [4.69, 9.17) is 5.11 Å². The smallest absolute Gasteiger partial charge is 0.309 e. The summed E-state index contributed by atoms with van der Waals surface area (Å²) < 4.78 is 3.54. The summed E-state index contributed by atoms with van der Waals surface area (Å²) in [6.07, 6.45) is 8.63. The van der Waals surface area contributed by atoms with Crippen LogP contribution in [0.15, 0.2) is 43.2 Å². The largest absolute Gasteiger partial charge is 1.00 e. The fourth-order valence-corrected chi connectivity index (χ4v) is 1.95. The summed E-state index contributed by atoms with van der Waals surface area (Å²) in [7, 11) is 0. The Labute approximate surface area is 126 Å². The highest BCUT2D eigenvalue weighted by Crippen LogP contribution is 2.16. The van der Waals surface area contributed by atoms with Crippen LogP contribution < -0.4 is 17.0 Å². The first-order chi connectivity index (χ1) is 9.74. The van der Waals surface area contributed by atoms with Gasteiger partial charge in [0.05, 0.1) is 18.1 Å². The molecule has 3 aromatic rings. The van der Waals surface area contributed by atoms with Gasteiger partial charge in [0.2, 0.25) is 0 Å². The summed E-state index contributed by atoms with van der Waals surface area (Å²) in [5.74, 6) is -0.807. The Hall–Kier alpha value is -2.54. The minimum atomic E-state index is -0.807. The van der Waals surface area contributed by atoms with E-state index in [-0.39, 0.29) is 18.8 Å². The number of hydrogen-bond acceptors (Lipinski definition) is 4. The monoisotopic (exact) mass is 305 g/mol. The topological polar surface area (TPSA) is 84.3 Å². The van der Waals surface area contributed by atoms with Gasteiger partial charge in [0.25, 0.3) is 0 Å². The number of hydrogen-bond donors (Lipinski definition) is 1. The first-order valence-electron chi connectivity index (χ1n) is 6.09. The fraction of sp³-hybridized carbons (Fsp3) is 0.154. The van der Waals surface area contributed by atoms with Crippen molar-refractivity contribution < 1.29 is 26.9 Å². The number of pyridine rings is 1. The quantitative estimate of drug-likeness (QED) is 0.541. The summed E-state index contributed by atoms with van der Waals surface area (Å²) in [6, 6.07) is 3.81. The normalized spacial score (nSPS) is 10.3. The van der Waals surface area contributed by atoms with Gasteiger partial charge in [0, 0.05) is 17.7 Å². The van der Waals surface area contributed by atoms with Crippen LogP contribution in [0.3, 0.4) is 0 Å². The Kier molecular flexibility index (Phi) is 4.44. The average Bonchev–Trinajstić information content (AvgIpc) is 2.94. The standard InChI is InChI=1S/C13H11N5O2.ClH/c19-13(20)3-6-17-4-1-10(2-5-17)11-7-14-8-12-15-9-16-18(11)12;/h1-2,4-5,7-9H,3,6H2;1H. The molecule has 3 heterocycles. The van der Waals surface area contributed by atoms with E-state index in [0.29, 0.717) is 12.2 Å². The molecule has 0 atom stereocenters. The second kappa shape index (κ2) is 6.27. The van der Waals surface area contributed by atoms with Crippen molar-refractivity contribution in [3.63, 3.8) is 0 Å². The Bertz CT molecular complexity index is 757. The summed E-state index contributed by atoms with van der Waals surface area (Å²) in [5.41, 5.74) is 2.47. The lowest BCUT2D eigenvalue weighted by molar-refractivity contribution is -0.695. The van der Waals surface area contributed by atoms with E-state index in [1.54, 1.807) is 16.9 Å². The summed E-state index contributed by atoms with van der Waals surface area (Å²) in [4.78, 5) is 18.8. The van der Waals surface area contributed by atoms with Gasteiger partial charge >= 0.3 is 5.97 Å². The minimum Gasteiger partial charge on any atom is -1.00 e. The van der Waals surface area contributed by atoms with Gasteiger partial charge < -0.3 is 17.5 Å². The predicted octanol–water partition coefficient (Wildman–Crippen LogP) is -2.44. The van der Waals surface area contributed by atoms with E-state index in [1.807, 2.05) is 29.1 Å². The van der Waals surface area contributed by atoms with Crippen LogP contribution in [0.4, 0.5) is 0 Å². The molecule has 0 saturated carbocycles. The van der Waals surface area contributed by atoms with Crippen molar-refractivity contribution in [2.45, 2.75) is 13.0 Å². The number of halogens is 1. The number of nitrogens with zero attached hydrogens (tertiary/aromatic N) is 5. The van der Waals surface area contributed by atoms with Gasteiger partial charge in [-0.1, -0.05) is 0 Å².